The van der Waals surface area contributed by atoms with Crippen LogP contribution in [0, 0.1) is 5.82 Å². The topological polar surface area (TPSA) is 47.0 Å². The molecule has 0 amide bonds. The van der Waals surface area contributed by atoms with Crippen LogP contribution in [0.1, 0.15) is 5.56 Å². The highest BCUT2D eigenvalue weighted by Gasteiger charge is 1.99. The van der Waals surface area contributed by atoms with Gasteiger partial charge in [0.25, 0.3) is 0 Å². The molecule has 1 heterocycles. The van der Waals surface area contributed by atoms with E-state index < -0.39 is 0 Å². The van der Waals surface area contributed by atoms with Gasteiger partial charge in [0.15, 0.2) is 0 Å². The number of halogens is 1. The Labute approximate surface area is 98.5 Å². The Morgan fingerprint density at radius 2 is 2.24 bits per heavy atom. The number of hydrogen-bond donors (Lipinski definition) is 1. The summed E-state index contributed by atoms with van der Waals surface area (Å²) in [6.45, 7) is 0.463. The standard InChI is InChI=1S/C12H12FN3O/c1-17-11-5-6-14-12(16-11)15-8-9-3-2-4-10(13)7-9/h2-7H,8H2,1H3,(H,14,15,16). The lowest BCUT2D eigenvalue weighted by Crippen LogP contribution is -2.04. The SMILES string of the molecule is COc1ccnc(NCc2cccc(F)c2)n1. The van der Waals surface area contributed by atoms with E-state index in [9.17, 15) is 4.39 Å². The second kappa shape index (κ2) is 5.25. The van der Waals surface area contributed by atoms with Gasteiger partial charge >= 0.3 is 0 Å². The second-order valence-electron chi connectivity index (χ2n) is 3.41. The first kappa shape index (κ1) is 11.3. The Morgan fingerprint density at radius 1 is 1.35 bits per heavy atom. The molecule has 0 aliphatic heterocycles. The number of hydrogen-bond acceptors (Lipinski definition) is 4. The number of methoxy groups -OCH3 is 1. The summed E-state index contributed by atoms with van der Waals surface area (Å²) in [7, 11) is 1.54. The summed E-state index contributed by atoms with van der Waals surface area (Å²) in [5, 5.41) is 2.99. The molecule has 17 heavy (non-hydrogen) atoms. The smallest absolute Gasteiger partial charge is 0.226 e. The zero-order chi connectivity index (χ0) is 12.1. The monoisotopic (exact) mass is 233 g/mol. The lowest BCUT2D eigenvalue weighted by atomic mass is 10.2. The van der Waals surface area contributed by atoms with E-state index in [2.05, 4.69) is 15.3 Å². The van der Waals surface area contributed by atoms with Crippen LogP contribution in [0.5, 0.6) is 5.88 Å². The fourth-order valence-corrected chi connectivity index (χ4v) is 1.37. The molecular formula is C12H12FN3O. The predicted octanol–water partition coefficient (Wildman–Crippen LogP) is 2.24. The molecule has 1 aromatic heterocycles. The van der Waals surface area contributed by atoms with Crippen LogP contribution in [0.3, 0.4) is 0 Å². The molecular weight excluding hydrogens is 221 g/mol. The largest absolute Gasteiger partial charge is 0.481 e. The first-order chi connectivity index (χ1) is 8.28. The minimum Gasteiger partial charge on any atom is -0.481 e. The van der Waals surface area contributed by atoms with Gasteiger partial charge in [-0.25, -0.2) is 9.37 Å². The van der Waals surface area contributed by atoms with E-state index in [4.69, 9.17) is 4.74 Å². The van der Waals surface area contributed by atoms with Gasteiger partial charge in [-0.3, -0.25) is 0 Å². The van der Waals surface area contributed by atoms with Crippen molar-refractivity contribution in [3.8, 4) is 5.88 Å². The van der Waals surface area contributed by atoms with E-state index in [-0.39, 0.29) is 5.82 Å². The van der Waals surface area contributed by atoms with Crippen LogP contribution in [0.4, 0.5) is 10.3 Å². The fraction of sp³-hybridized carbons (Fsp3) is 0.167. The maximum Gasteiger partial charge on any atom is 0.226 e. The van der Waals surface area contributed by atoms with Crippen molar-refractivity contribution in [2.24, 2.45) is 0 Å². The molecule has 5 heteroatoms. The van der Waals surface area contributed by atoms with Gasteiger partial charge in [-0.05, 0) is 17.7 Å². The summed E-state index contributed by atoms with van der Waals surface area (Å²) < 4.78 is 17.9. The van der Waals surface area contributed by atoms with Crippen LogP contribution in [-0.4, -0.2) is 17.1 Å². The number of nitrogens with one attached hydrogen (secondary N) is 1. The quantitative estimate of drug-likeness (QED) is 0.879. The highest BCUT2D eigenvalue weighted by molar-refractivity contribution is 5.29. The van der Waals surface area contributed by atoms with Crippen LogP contribution in [-0.2, 0) is 6.54 Å². The number of ether oxygens (including phenoxy) is 1. The van der Waals surface area contributed by atoms with Crippen molar-refractivity contribution in [2.45, 2.75) is 6.54 Å². The zero-order valence-corrected chi connectivity index (χ0v) is 9.35. The minimum absolute atomic E-state index is 0.254. The highest BCUT2D eigenvalue weighted by atomic mass is 19.1. The Bertz CT molecular complexity index is 505. The Kier molecular flexibility index (Phi) is 3.49. The van der Waals surface area contributed by atoms with Gasteiger partial charge in [-0.1, -0.05) is 12.1 Å². The van der Waals surface area contributed by atoms with E-state index >= 15 is 0 Å². The van der Waals surface area contributed by atoms with Gasteiger partial charge in [0.05, 0.1) is 7.11 Å². The molecule has 1 aromatic carbocycles. The zero-order valence-electron chi connectivity index (χ0n) is 9.35. The summed E-state index contributed by atoms with van der Waals surface area (Å²) >= 11 is 0. The molecule has 0 unspecified atom stereocenters. The first-order valence-electron chi connectivity index (χ1n) is 5.13. The van der Waals surface area contributed by atoms with Gasteiger partial charge < -0.3 is 10.1 Å². The molecule has 0 aliphatic carbocycles. The average Bonchev–Trinajstić information content (AvgIpc) is 2.37. The normalized spacial score (nSPS) is 10.0. The summed E-state index contributed by atoms with van der Waals surface area (Å²) in [4.78, 5) is 8.12. The van der Waals surface area contributed by atoms with Crippen molar-refractivity contribution in [3.63, 3.8) is 0 Å². The third-order valence-electron chi connectivity index (χ3n) is 2.18. The van der Waals surface area contributed by atoms with Crippen molar-refractivity contribution in [1.82, 2.24) is 9.97 Å². The van der Waals surface area contributed by atoms with Crippen LogP contribution in [0.15, 0.2) is 36.5 Å². The number of nitrogens with zero attached hydrogens (tertiary/aromatic N) is 2. The molecule has 0 saturated carbocycles. The number of benzene rings is 1. The number of rotatable bonds is 4. The van der Waals surface area contributed by atoms with Crippen molar-refractivity contribution in [1.29, 1.82) is 0 Å². The maximum atomic E-state index is 12.9. The lowest BCUT2D eigenvalue weighted by molar-refractivity contribution is 0.397. The number of anilines is 1. The molecule has 0 atom stereocenters. The Hall–Kier alpha value is -2.17. The third-order valence-corrected chi connectivity index (χ3v) is 2.18. The van der Waals surface area contributed by atoms with E-state index in [1.807, 2.05) is 6.07 Å². The summed E-state index contributed by atoms with van der Waals surface area (Å²) in [6, 6.07) is 8.03. The molecule has 88 valence electrons. The molecule has 1 N–H and O–H groups in total. The Balaban J connectivity index is 2.02. The molecule has 0 aliphatic rings. The summed E-state index contributed by atoms with van der Waals surface area (Å²) in [5.41, 5.74) is 0.830. The molecule has 4 nitrogen and oxygen atoms in total. The van der Waals surface area contributed by atoms with Gasteiger partial charge in [-0.2, -0.15) is 4.98 Å². The van der Waals surface area contributed by atoms with Gasteiger partial charge in [0.2, 0.25) is 11.8 Å². The number of aromatic nitrogens is 2. The van der Waals surface area contributed by atoms with Gasteiger partial charge in [0.1, 0.15) is 5.82 Å². The van der Waals surface area contributed by atoms with Gasteiger partial charge in [0, 0.05) is 18.8 Å². The molecule has 0 spiro atoms. The summed E-state index contributed by atoms with van der Waals surface area (Å²) in [5.74, 6) is 0.686. The molecule has 0 fully saturated rings. The van der Waals surface area contributed by atoms with Crippen LogP contribution >= 0.6 is 0 Å². The summed E-state index contributed by atoms with van der Waals surface area (Å²) in [6.07, 6.45) is 1.60. The van der Waals surface area contributed by atoms with Crippen molar-refractivity contribution in [3.05, 3.63) is 47.9 Å². The third kappa shape index (κ3) is 3.14. The predicted molar refractivity (Wildman–Crippen MR) is 62.3 cm³/mol. The van der Waals surface area contributed by atoms with Crippen molar-refractivity contribution < 1.29 is 9.13 Å². The molecule has 2 aromatic rings. The second-order valence-corrected chi connectivity index (χ2v) is 3.41. The highest BCUT2D eigenvalue weighted by Crippen LogP contribution is 2.09. The van der Waals surface area contributed by atoms with Crippen molar-refractivity contribution in [2.75, 3.05) is 12.4 Å². The molecule has 0 bridgehead atoms. The van der Waals surface area contributed by atoms with Crippen LogP contribution < -0.4 is 10.1 Å². The average molecular weight is 233 g/mol. The van der Waals surface area contributed by atoms with E-state index in [0.717, 1.165) is 5.56 Å². The lowest BCUT2D eigenvalue weighted by Gasteiger charge is -2.05. The van der Waals surface area contributed by atoms with E-state index in [0.29, 0.717) is 18.4 Å². The fourth-order valence-electron chi connectivity index (χ4n) is 1.37. The Morgan fingerprint density at radius 3 is 3.00 bits per heavy atom. The van der Waals surface area contributed by atoms with Crippen LogP contribution in [0.2, 0.25) is 0 Å². The molecule has 0 saturated heterocycles. The van der Waals surface area contributed by atoms with E-state index in [1.54, 1.807) is 25.4 Å². The van der Waals surface area contributed by atoms with E-state index in [1.165, 1.54) is 12.1 Å². The molecule has 2 rings (SSSR count). The minimum atomic E-state index is -0.254. The first-order valence-corrected chi connectivity index (χ1v) is 5.13. The molecule has 0 radical (unpaired) electrons. The maximum absolute atomic E-state index is 12.9. The van der Waals surface area contributed by atoms with Crippen molar-refractivity contribution >= 4 is 5.95 Å². The van der Waals surface area contributed by atoms with Gasteiger partial charge in [-0.15, -0.1) is 0 Å². The van der Waals surface area contributed by atoms with Crippen LogP contribution in [0.25, 0.3) is 0 Å².